The number of nitrogens with zero attached hydrogens (tertiary/aromatic N) is 2. The number of aryl methyl sites for hydroxylation is 1. The van der Waals surface area contributed by atoms with E-state index in [1.807, 2.05) is 10.6 Å². The van der Waals surface area contributed by atoms with Gasteiger partial charge in [-0.15, -0.1) is 0 Å². The molecule has 0 amide bonds. The minimum atomic E-state index is -0.267. The first-order chi connectivity index (χ1) is 8.76. The lowest BCUT2D eigenvalue weighted by molar-refractivity contribution is 0.0500. The average Bonchev–Trinajstić information content (AvgIpc) is 2.80. The Morgan fingerprint density at radius 2 is 2.22 bits per heavy atom. The van der Waals surface area contributed by atoms with E-state index in [4.69, 9.17) is 4.74 Å². The zero-order chi connectivity index (χ0) is 13.0. The van der Waals surface area contributed by atoms with E-state index in [1.54, 1.807) is 18.5 Å². The Morgan fingerprint density at radius 1 is 1.39 bits per heavy atom. The predicted octanol–water partition coefficient (Wildman–Crippen LogP) is 3.01. The molecule has 0 spiro atoms. The minimum absolute atomic E-state index is 0.267. The highest BCUT2D eigenvalue weighted by Crippen LogP contribution is 2.15. The van der Waals surface area contributed by atoms with E-state index in [2.05, 4.69) is 18.8 Å². The summed E-state index contributed by atoms with van der Waals surface area (Å²) in [5.74, 6) is -0.267. The molecule has 0 aliphatic rings. The number of unbranched alkanes of at least 4 members (excludes halogenated alkanes) is 1. The van der Waals surface area contributed by atoms with Crippen LogP contribution in [0.4, 0.5) is 0 Å². The van der Waals surface area contributed by atoms with Gasteiger partial charge in [-0.05, 0) is 31.5 Å². The number of benzene rings is 1. The van der Waals surface area contributed by atoms with Crippen molar-refractivity contribution in [3.05, 3.63) is 30.1 Å². The van der Waals surface area contributed by atoms with Crippen LogP contribution in [-0.2, 0) is 11.3 Å². The molecule has 4 heteroatoms. The molecule has 1 aromatic carbocycles. The first-order valence-electron chi connectivity index (χ1n) is 6.38. The second-order valence-electron chi connectivity index (χ2n) is 4.22. The van der Waals surface area contributed by atoms with Crippen molar-refractivity contribution in [3.63, 3.8) is 0 Å². The molecule has 0 N–H and O–H groups in total. The highest BCUT2D eigenvalue weighted by atomic mass is 16.5. The highest BCUT2D eigenvalue weighted by Gasteiger charge is 2.09. The Hall–Kier alpha value is -1.84. The number of rotatable bonds is 5. The second-order valence-corrected chi connectivity index (χ2v) is 4.22. The van der Waals surface area contributed by atoms with Gasteiger partial charge in [0.1, 0.15) is 0 Å². The molecule has 0 aliphatic heterocycles. The number of aromatic nitrogens is 2. The Morgan fingerprint density at radius 3 is 2.94 bits per heavy atom. The zero-order valence-corrected chi connectivity index (χ0v) is 10.8. The van der Waals surface area contributed by atoms with Crippen molar-refractivity contribution >= 4 is 17.0 Å². The van der Waals surface area contributed by atoms with Crippen LogP contribution in [0.2, 0.25) is 0 Å². The molecule has 0 fully saturated rings. The van der Waals surface area contributed by atoms with E-state index in [9.17, 15) is 4.79 Å². The number of esters is 1. The summed E-state index contributed by atoms with van der Waals surface area (Å²) in [7, 11) is 0. The smallest absolute Gasteiger partial charge is 0.338 e. The SMILES string of the molecule is CCCCOC(=O)c1ccc2c(c1)ncn2CC. The van der Waals surface area contributed by atoms with Crippen molar-refractivity contribution in [1.29, 1.82) is 0 Å². The van der Waals surface area contributed by atoms with Gasteiger partial charge >= 0.3 is 5.97 Å². The molecule has 1 aromatic heterocycles. The summed E-state index contributed by atoms with van der Waals surface area (Å²) in [4.78, 5) is 16.1. The minimum Gasteiger partial charge on any atom is -0.462 e. The van der Waals surface area contributed by atoms with Gasteiger partial charge in [-0.25, -0.2) is 9.78 Å². The van der Waals surface area contributed by atoms with Crippen molar-refractivity contribution in [2.75, 3.05) is 6.61 Å². The van der Waals surface area contributed by atoms with Crippen LogP contribution in [0.1, 0.15) is 37.0 Å². The third-order valence-corrected chi connectivity index (χ3v) is 2.93. The van der Waals surface area contributed by atoms with Crippen LogP contribution in [0.5, 0.6) is 0 Å². The molecule has 1 heterocycles. The van der Waals surface area contributed by atoms with Crippen LogP contribution < -0.4 is 0 Å². The van der Waals surface area contributed by atoms with Gasteiger partial charge in [-0.1, -0.05) is 13.3 Å². The normalized spacial score (nSPS) is 10.8. The fourth-order valence-electron chi connectivity index (χ4n) is 1.84. The third-order valence-electron chi connectivity index (χ3n) is 2.93. The van der Waals surface area contributed by atoms with E-state index in [0.29, 0.717) is 12.2 Å². The molecule has 0 bridgehead atoms. The molecule has 0 unspecified atom stereocenters. The van der Waals surface area contributed by atoms with E-state index in [0.717, 1.165) is 30.4 Å². The number of fused-ring (bicyclic) bond motifs is 1. The van der Waals surface area contributed by atoms with Crippen molar-refractivity contribution in [2.45, 2.75) is 33.2 Å². The van der Waals surface area contributed by atoms with Gasteiger partial charge in [0, 0.05) is 6.54 Å². The van der Waals surface area contributed by atoms with E-state index in [-0.39, 0.29) is 5.97 Å². The molecule has 2 rings (SSSR count). The number of carbonyl (C=O) groups excluding carboxylic acids is 1. The number of ether oxygens (including phenoxy) is 1. The maximum absolute atomic E-state index is 11.8. The van der Waals surface area contributed by atoms with Crippen molar-refractivity contribution in [3.8, 4) is 0 Å². The van der Waals surface area contributed by atoms with Gasteiger partial charge in [0.15, 0.2) is 0 Å². The molecule has 18 heavy (non-hydrogen) atoms. The Balaban J connectivity index is 2.17. The molecule has 0 radical (unpaired) electrons. The van der Waals surface area contributed by atoms with E-state index < -0.39 is 0 Å². The van der Waals surface area contributed by atoms with Crippen molar-refractivity contribution < 1.29 is 9.53 Å². The highest BCUT2D eigenvalue weighted by molar-refractivity contribution is 5.93. The van der Waals surface area contributed by atoms with Gasteiger partial charge in [0.2, 0.25) is 0 Å². The Kier molecular flexibility index (Phi) is 3.97. The van der Waals surface area contributed by atoms with Gasteiger partial charge in [-0.2, -0.15) is 0 Å². The molecule has 0 aliphatic carbocycles. The standard InChI is InChI=1S/C14H18N2O2/c1-3-5-8-18-14(17)11-6-7-13-12(9-11)15-10-16(13)4-2/h6-7,9-10H,3-5,8H2,1-2H3. The number of carbonyl (C=O) groups is 1. The maximum atomic E-state index is 11.8. The summed E-state index contributed by atoms with van der Waals surface area (Å²) in [6, 6.07) is 5.50. The van der Waals surface area contributed by atoms with E-state index >= 15 is 0 Å². The Labute approximate surface area is 107 Å². The topological polar surface area (TPSA) is 44.1 Å². The summed E-state index contributed by atoms with van der Waals surface area (Å²) >= 11 is 0. The predicted molar refractivity (Wildman–Crippen MR) is 70.6 cm³/mol. The summed E-state index contributed by atoms with van der Waals surface area (Å²) in [5, 5.41) is 0. The maximum Gasteiger partial charge on any atom is 0.338 e. The quantitative estimate of drug-likeness (QED) is 0.601. The molecule has 96 valence electrons. The summed E-state index contributed by atoms with van der Waals surface area (Å²) in [6.07, 6.45) is 3.71. The molecule has 0 atom stereocenters. The van der Waals surface area contributed by atoms with Crippen LogP contribution in [0.25, 0.3) is 11.0 Å². The van der Waals surface area contributed by atoms with Crippen LogP contribution in [0.15, 0.2) is 24.5 Å². The van der Waals surface area contributed by atoms with Crippen LogP contribution in [-0.4, -0.2) is 22.1 Å². The van der Waals surface area contributed by atoms with Gasteiger partial charge < -0.3 is 9.30 Å². The lowest BCUT2D eigenvalue weighted by Crippen LogP contribution is -2.06. The molecule has 0 saturated carbocycles. The fraction of sp³-hybridized carbons (Fsp3) is 0.429. The van der Waals surface area contributed by atoms with Crippen molar-refractivity contribution in [1.82, 2.24) is 9.55 Å². The number of hydrogen-bond acceptors (Lipinski definition) is 3. The summed E-state index contributed by atoms with van der Waals surface area (Å²) < 4.78 is 7.22. The first-order valence-corrected chi connectivity index (χ1v) is 6.38. The van der Waals surface area contributed by atoms with Crippen LogP contribution in [0.3, 0.4) is 0 Å². The monoisotopic (exact) mass is 246 g/mol. The van der Waals surface area contributed by atoms with Crippen molar-refractivity contribution in [2.24, 2.45) is 0 Å². The number of hydrogen-bond donors (Lipinski definition) is 0. The molecular weight excluding hydrogens is 228 g/mol. The second kappa shape index (κ2) is 5.67. The number of imidazole rings is 1. The van der Waals surface area contributed by atoms with Crippen LogP contribution in [0, 0.1) is 0 Å². The third kappa shape index (κ3) is 2.53. The molecule has 0 saturated heterocycles. The molecule has 2 aromatic rings. The summed E-state index contributed by atoms with van der Waals surface area (Å²) in [5.41, 5.74) is 2.45. The van der Waals surface area contributed by atoms with Gasteiger partial charge in [-0.3, -0.25) is 0 Å². The lowest BCUT2D eigenvalue weighted by atomic mass is 10.2. The van der Waals surface area contributed by atoms with E-state index in [1.165, 1.54) is 0 Å². The summed E-state index contributed by atoms with van der Waals surface area (Å²) in [6.45, 7) is 5.49. The molecule has 4 nitrogen and oxygen atoms in total. The van der Waals surface area contributed by atoms with Crippen LogP contribution >= 0.6 is 0 Å². The largest absolute Gasteiger partial charge is 0.462 e. The average molecular weight is 246 g/mol. The zero-order valence-electron chi connectivity index (χ0n) is 10.8. The lowest BCUT2D eigenvalue weighted by Gasteiger charge is -2.04. The molecular formula is C14H18N2O2. The van der Waals surface area contributed by atoms with Gasteiger partial charge in [0.05, 0.1) is 29.5 Å². The Bertz CT molecular complexity index is 546. The first kappa shape index (κ1) is 12.6. The van der Waals surface area contributed by atoms with Gasteiger partial charge in [0.25, 0.3) is 0 Å². The fourth-order valence-corrected chi connectivity index (χ4v) is 1.84.